The fourth-order valence-corrected chi connectivity index (χ4v) is 1.57. The molecule has 0 aliphatic heterocycles. The molecule has 1 aromatic heterocycles. The first-order chi connectivity index (χ1) is 7.75. The van der Waals surface area contributed by atoms with Gasteiger partial charge in [-0.2, -0.15) is 0 Å². The summed E-state index contributed by atoms with van der Waals surface area (Å²) in [5, 5.41) is 0. The molecule has 2 nitrogen and oxygen atoms in total. The van der Waals surface area contributed by atoms with Crippen molar-refractivity contribution in [2.75, 3.05) is 0 Å². The van der Waals surface area contributed by atoms with Gasteiger partial charge in [0, 0.05) is 18.9 Å². The van der Waals surface area contributed by atoms with Crippen LogP contribution in [0.2, 0.25) is 0 Å². The van der Waals surface area contributed by atoms with E-state index in [0.717, 1.165) is 6.54 Å². The van der Waals surface area contributed by atoms with Crippen LogP contribution in [0.4, 0.5) is 0 Å². The summed E-state index contributed by atoms with van der Waals surface area (Å²) in [5.41, 5.74) is 3.93. The van der Waals surface area contributed by atoms with Crippen LogP contribution in [0.1, 0.15) is 16.7 Å². The van der Waals surface area contributed by atoms with Gasteiger partial charge in [-0.15, -0.1) is 0 Å². The number of aryl methyl sites for hydroxylation is 2. The summed E-state index contributed by atoms with van der Waals surface area (Å²) < 4.78 is 2.04. The van der Waals surface area contributed by atoms with E-state index in [1.54, 1.807) is 6.20 Å². The highest BCUT2D eigenvalue weighted by molar-refractivity contribution is 5.51. The fraction of sp³-hybridized carbons (Fsp3) is 0.214. The van der Waals surface area contributed by atoms with Crippen molar-refractivity contribution < 1.29 is 0 Å². The first kappa shape index (κ1) is 10.7. The van der Waals surface area contributed by atoms with E-state index >= 15 is 0 Å². The molecule has 16 heavy (non-hydrogen) atoms. The molecule has 0 amide bonds. The Kier molecular flexibility index (Phi) is 3.20. The summed E-state index contributed by atoms with van der Waals surface area (Å²) in [4.78, 5) is 4.00. The summed E-state index contributed by atoms with van der Waals surface area (Å²) in [6, 6.07) is 6.51. The number of rotatable bonds is 3. The van der Waals surface area contributed by atoms with E-state index < -0.39 is 0 Å². The summed E-state index contributed by atoms with van der Waals surface area (Å²) in [6.45, 7) is 5.14. The average molecular weight is 212 g/mol. The molecule has 0 radical (unpaired) electrons. The number of aromatic nitrogens is 2. The molecule has 0 N–H and O–H groups in total. The van der Waals surface area contributed by atoms with Crippen molar-refractivity contribution in [2.45, 2.75) is 20.4 Å². The van der Waals surface area contributed by atoms with Gasteiger partial charge >= 0.3 is 0 Å². The zero-order valence-electron chi connectivity index (χ0n) is 9.72. The lowest BCUT2D eigenvalue weighted by atomic mass is 10.1. The molecule has 2 rings (SSSR count). The summed E-state index contributed by atoms with van der Waals surface area (Å²) in [7, 11) is 0. The van der Waals surface area contributed by atoms with E-state index in [4.69, 9.17) is 0 Å². The third kappa shape index (κ3) is 2.60. The standard InChI is InChI=1S/C14H16N2/c1-12-5-6-14(10-13(12)2)4-3-8-16-9-7-15-11-16/h3-7,9-11H,8H2,1-2H3/b4-3+. The van der Waals surface area contributed by atoms with Crippen LogP contribution in [0.15, 0.2) is 43.0 Å². The minimum Gasteiger partial charge on any atom is -0.334 e. The number of imidazole rings is 1. The number of nitrogens with zero attached hydrogens (tertiary/aromatic N) is 2. The Balaban J connectivity index is 2.03. The highest BCUT2D eigenvalue weighted by atomic mass is 15.0. The molecule has 2 heteroatoms. The zero-order valence-corrected chi connectivity index (χ0v) is 9.72. The topological polar surface area (TPSA) is 17.8 Å². The van der Waals surface area contributed by atoms with Crippen molar-refractivity contribution in [3.8, 4) is 0 Å². The van der Waals surface area contributed by atoms with Gasteiger partial charge in [-0.05, 0) is 30.5 Å². The molecule has 82 valence electrons. The summed E-state index contributed by atoms with van der Waals surface area (Å²) >= 11 is 0. The lowest BCUT2D eigenvalue weighted by molar-refractivity contribution is 0.823. The molecule has 0 aliphatic carbocycles. The normalized spacial score (nSPS) is 11.1. The molecule has 2 aromatic rings. The van der Waals surface area contributed by atoms with E-state index in [-0.39, 0.29) is 0 Å². The first-order valence-corrected chi connectivity index (χ1v) is 5.45. The Morgan fingerprint density at radius 1 is 1.25 bits per heavy atom. The van der Waals surface area contributed by atoms with Crippen molar-refractivity contribution in [1.82, 2.24) is 9.55 Å². The Morgan fingerprint density at radius 3 is 2.81 bits per heavy atom. The van der Waals surface area contributed by atoms with Gasteiger partial charge in [-0.1, -0.05) is 30.4 Å². The second-order valence-corrected chi connectivity index (χ2v) is 4.01. The molecule has 0 atom stereocenters. The van der Waals surface area contributed by atoms with Crippen LogP contribution in [-0.2, 0) is 6.54 Å². The van der Waals surface area contributed by atoms with Gasteiger partial charge in [0.15, 0.2) is 0 Å². The van der Waals surface area contributed by atoms with Gasteiger partial charge in [0.2, 0.25) is 0 Å². The third-order valence-corrected chi connectivity index (χ3v) is 2.72. The zero-order chi connectivity index (χ0) is 11.4. The molecule has 0 fully saturated rings. The Bertz CT molecular complexity index is 481. The minimum atomic E-state index is 0.868. The number of hydrogen-bond acceptors (Lipinski definition) is 1. The largest absolute Gasteiger partial charge is 0.334 e. The lowest BCUT2D eigenvalue weighted by Crippen LogP contribution is -1.89. The maximum absolute atomic E-state index is 4.00. The van der Waals surface area contributed by atoms with Crippen molar-refractivity contribution in [1.29, 1.82) is 0 Å². The lowest BCUT2D eigenvalue weighted by Gasteiger charge is -2.01. The average Bonchev–Trinajstić information content (AvgIpc) is 2.76. The first-order valence-electron chi connectivity index (χ1n) is 5.45. The predicted molar refractivity (Wildman–Crippen MR) is 67.2 cm³/mol. The monoisotopic (exact) mass is 212 g/mol. The minimum absolute atomic E-state index is 0.868. The Hall–Kier alpha value is -1.83. The van der Waals surface area contributed by atoms with E-state index in [1.807, 2.05) is 17.1 Å². The molecule has 0 spiro atoms. The van der Waals surface area contributed by atoms with E-state index in [1.165, 1.54) is 16.7 Å². The second kappa shape index (κ2) is 4.79. The van der Waals surface area contributed by atoms with Gasteiger partial charge in [0.05, 0.1) is 6.33 Å². The highest BCUT2D eigenvalue weighted by Gasteiger charge is 1.92. The SMILES string of the molecule is Cc1ccc(/C=C/Cn2ccnc2)cc1C. The third-order valence-electron chi connectivity index (χ3n) is 2.72. The summed E-state index contributed by atoms with van der Waals surface area (Å²) in [5.74, 6) is 0. The maximum Gasteiger partial charge on any atom is 0.0948 e. The van der Waals surface area contributed by atoms with Gasteiger partial charge < -0.3 is 4.57 Å². The summed E-state index contributed by atoms with van der Waals surface area (Å²) in [6.07, 6.45) is 9.87. The van der Waals surface area contributed by atoms with Gasteiger partial charge in [-0.3, -0.25) is 0 Å². The molecule has 0 aliphatic rings. The van der Waals surface area contributed by atoms with Gasteiger partial charge in [0.25, 0.3) is 0 Å². The van der Waals surface area contributed by atoms with E-state index in [0.29, 0.717) is 0 Å². The molecule has 1 heterocycles. The number of benzene rings is 1. The van der Waals surface area contributed by atoms with Gasteiger partial charge in [-0.25, -0.2) is 4.98 Å². The van der Waals surface area contributed by atoms with Crippen LogP contribution in [-0.4, -0.2) is 9.55 Å². The highest BCUT2D eigenvalue weighted by Crippen LogP contribution is 2.11. The number of hydrogen-bond donors (Lipinski definition) is 0. The van der Waals surface area contributed by atoms with Crippen LogP contribution >= 0.6 is 0 Å². The molecule has 0 bridgehead atoms. The van der Waals surface area contributed by atoms with Gasteiger partial charge in [0.1, 0.15) is 0 Å². The molecule has 0 unspecified atom stereocenters. The smallest absolute Gasteiger partial charge is 0.0948 e. The van der Waals surface area contributed by atoms with Crippen molar-refractivity contribution in [3.05, 3.63) is 59.7 Å². The van der Waals surface area contributed by atoms with Crippen molar-refractivity contribution >= 4 is 6.08 Å². The predicted octanol–water partition coefficient (Wildman–Crippen LogP) is 3.21. The van der Waals surface area contributed by atoms with E-state index in [9.17, 15) is 0 Å². The fourth-order valence-electron chi connectivity index (χ4n) is 1.57. The van der Waals surface area contributed by atoms with Crippen molar-refractivity contribution in [2.24, 2.45) is 0 Å². The molecular weight excluding hydrogens is 196 g/mol. The molecule has 0 saturated heterocycles. The van der Waals surface area contributed by atoms with Crippen molar-refractivity contribution in [3.63, 3.8) is 0 Å². The van der Waals surface area contributed by atoms with Crippen LogP contribution in [0, 0.1) is 13.8 Å². The van der Waals surface area contributed by atoms with Crippen LogP contribution in [0.25, 0.3) is 6.08 Å². The van der Waals surface area contributed by atoms with E-state index in [2.05, 4.69) is 49.2 Å². The Labute approximate surface area is 96.3 Å². The maximum atomic E-state index is 4.00. The molecular formula is C14H16N2. The van der Waals surface area contributed by atoms with Crippen LogP contribution in [0.5, 0.6) is 0 Å². The second-order valence-electron chi connectivity index (χ2n) is 4.01. The Morgan fingerprint density at radius 2 is 2.12 bits per heavy atom. The van der Waals surface area contributed by atoms with Crippen LogP contribution in [0.3, 0.4) is 0 Å². The number of allylic oxidation sites excluding steroid dienone is 1. The van der Waals surface area contributed by atoms with Crippen LogP contribution < -0.4 is 0 Å². The quantitative estimate of drug-likeness (QED) is 0.764. The molecule has 0 saturated carbocycles. The molecule has 1 aromatic carbocycles.